The molecule has 9 nitrogen and oxygen atoms in total. The molecule has 2 unspecified atom stereocenters. The van der Waals surface area contributed by atoms with Crippen LogP contribution < -0.4 is 5.32 Å². The zero-order valence-electron chi connectivity index (χ0n) is 18.2. The van der Waals surface area contributed by atoms with Crippen molar-refractivity contribution in [3.05, 3.63) is 62.5 Å². The third-order valence-electron chi connectivity index (χ3n) is 6.01. The predicted molar refractivity (Wildman–Crippen MR) is 123 cm³/mol. The Bertz CT molecular complexity index is 1190. The number of carbonyl (C=O) groups excluding carboxylic acids is 2. The Kier molecular flexibility index (Phi) is 6.24. The molecule has 3 aliphatic heterocycles. The SMILES string of the molecule is COC(=O)C1=C(CN2CCN3C(=O)OCC3C2)NC(c2nccs2)=NC1c1ccc(F)cc1Cl. The predicted octanol–water partition coefficient (Wildman–Crippen LogP) is 2.59. The van der Waals surface area contributed by atoms with Gasteiger partial charge in [-0.1, -0.05) is 17.7 Å². The molecular formula is C22H21ClFN5O4S. The first kappa shape index (κ1) is 22.8. The van der Waals surface area contributed by atoms with E-state index in [1.165, 1.54) is 36.6 Å². The lowest BCUT2D eigenvalue weighted by molar-refractivity contribution is -0.136. The van der Waals surface area contributed by atoms with Crippen molar-refractivity contribution in [1.82, 2.24) is 20.1 Å². The maximum absolute atomic E-state index is 13.8. The number of amides is 1. The zero-order chi connectivity index (χ0) is 23.8. The fourth-order valence-electron chi connectivity index (χ4n) is 4.39. The number of hydrogen-bond donors (Lipinski definition) is 1. The topological polar surface area (TPSA) is 96.4 Å². The normalized spacial score (nSPS) is 22.7. The molecule has 0 radical (unpaired) electrons. The number of fused-ring (bicyclic) bond motifs is 1. The summed E-state index contributed by atoms with van der Waals surface area (Å²) in [7, 11) is 1.30. The van der Waals surface area contributed by atoms with Crippen LogP contribution in [0.2, 0.25) is 5.02 Å². The van der Waals surface area contributed by atoms with E-state index in [2.05, 4.69) is 15.2 Å². The average Bonchev–Trinajstić information content (AvgIpc) is 3.49. The first-order chi connectivity index (χ1) is 16.4. The summed E-state index contributed by atoms with van der Waals surface area (Å²) in [6.07, 6.45) is 1.37. The van der Waals surface area contributed by atoms with Crippen LogP contribution in [0.5, 0.6) is 0 Å². The molecule has 4 heterocycles. The Hall–Kier alpha value is -3.02. The van der Waals surface area contributed by atoms with Crippen molar-refractivity contribution in [3.8, 4) is 0 Å². The largest absolute Gasteiger partial charge is 0.466 e. The molecule has 3 aliphatic rings. The van der Waals surface area contributed by atoms with Gasteiger partial charge in [0, 0.05) is 54.0 Å². The van der Waals surface area contributed by atoms with Crippen molar-refractivity contribution in [2.45, 2.75) is 12.1 Å². The monoisotopic (exact) mass is 505 g/mol. The molecule has 34 heavy (non-hydrogen) atoms. The molecule has 1 aromatic heterocycles. The van der Waals surface area contributed by atoms with Gasteiger partial charge in [0.05, 0.1) is 18.7 Å². The molecule has 178 valence electrons. The summed E-state index contributed by atoms with van der Waals surface area (Å²) in [5.41, 5.74) is 1.37. The van der Waals surface area contributed by atoms with Crippen molar-refractivity contribution < 1.29 is 23.5 Å². The highest BCUT2D eigenvalue weighted by molar-refractivity contribution is 7.11. The van der Waals surface area contributed by atoms with Gasteiger partial charge in [-0.3, -0.25) is 14.8 Å². The van der Waals surface area contributed by atoms with Gasteiger partial charge in [0.2, 0.25) is 0 Å². The molecule has 1 amide bonds. The highest BCUT2D eigenvalue weighted by atomic mass is 35.5. The number of benzene rings is 1. The van der Waals surface area contributed by atoms with Gasteiger partial charge < -0.3 is 14.8 Å². The second-order valence-corrected chi connectivity index (χ2v) is 9.35. The van der Waals surface area contributed by atoms with Crippen molar-refractivity contribution in [3.63, 3.8) is 0 Å². The van der Waals surface area contributed by atoms with Gasteiger partial charge in [-0.25, -0.2) is 19.0 Å². The molecule has 0 bridgehead atoms. The second kappa shape index (κ2) is 9.32. The number of halogens is 2. The number of thiazole rings is 1. The smallest absolute Gasteiger partial charge is 0.410 e. The third kappa shape index (κ3) is 4.26. The number of aromatic nitrogens is 1. The summed E-state index contributed by atoms with van der Waals surface area (Å²) >= 11 is 7.78. The first-order valence-corrected chi connectivity index (χ1v) is 11.9. The van der Waals surface area contributed by atoms with E-state index in [0.717, 1.165) is 0 Å². The van der Waals surface area contributed by atoms with Crippen LogP contribution in [0.3, 0.4) is 0 Å². The van der Waals surface area contributed by atoms with Gasteiger partial charge in [0.25, 0.3) is 0 Å². The summed E-state index contributed by atoms with van der Waals surface area (Å²) in [6, 6.07) is 3.15. The van der Waals surface area contributed by atoms with Crippen LogP contribution in [0, 0.1) is 5.82 Å². The number of piperazine rings is 1. The number of amidine groups is 1. The molecule has 1 aromatic carbocycles. The molecule has 2 fully saturated rings. The Balaban J connectivity index is 1.54. The van der Waals surface area contributed by atoms with Crippen molar-refractivity contribution in [2.75, 3.05) is 39.9 Å². The van der Waals surface area contributed by atoms with Crippen molar-refractivity contribution in [1.29, 1.82) is 0 Å². The minimum atomic E-state index is -0.812. The van der Waals surface area contributed by atoms with Gasteiger partial charge in [-0.15, -0.1) is 11.3 Å². The Labute approximate surface area is 203 Å². The molecule has 5 rings (SSSR count). The van der Waals surface area contributed by atoms with E-state index in [4.69, 9.17) is 26.1 Å². The molecule has 0 aliphatic carbocycles. The van der Waals surface area contributed by atoms with Crippen LogP contribution in [-0.2, 0) is 14.3 Å². The van der Waals surface area contributed by atoms with Crippen molar-refractivity contribution in [2.24, 2.45) is 4.99 Å². The average molecular weight is 506 g/mol. The summed E-state index contributed by atoms with van der Waals surface area (Å²) in [5, 5.41) is 5.90. The molecule has 0 saturated carbocycles. The maximum Gasteiger partial charge on any atom is 0.410 e. The summed E-state index contributed by atoms with van der Waals surface area (Å²) in [5.74, 6) is -0.560. The Morgan fingerprint density at radius 1 is 1.41 bits per heavy atom. The number of aliphatic imine (C=N–C) groups is 1. The lowest BCUT2D eigenvalue weighted by Crippen LogP contribution is -2.53. The van der Waals surface area contributed by atoms with Gasteiger partial charge in [0.15, 0.2) is 10.8 Å². The van der Waals surface area contributed by atoms with E-state index in [-0.39, 0.29) is 22.7 Å². The van der Waals surface area contributed by atoms with E-state index >= 15 is 0 Å². The number of methoxy groups -OCH3 is 1. The molecule has 2 saturated heterocycles. The highest BCUT2D eigenvalue weighted by Crippen LogP contribution is 2.37. The first-order valence-electron chi connectivity index (χ1n) is 10.6. The van der Waals surface area contributed by atoms with E-state index in [0.29, 0.717) is 54.9 Å². The molecule has 2 aromatic rings. The van der Waals surface area contributed by atoms with Gasteiger partial charge >= 0.3 is 12.1 Å². The van der Waals surface area contributed by atoms with Gasteiger partial charge in [-0.2, -0.15) is 0 Å². The lowest BCUT2D eigenvalue weighted by atomic mass is 9.95. The van der Waals surface area contributed by atoms with Crippen LogP contribution in [0.15, 0.2) is 46.0 Å². The third-order valence-corrected chi connectivity index (χ3v) is 7.11. The fourth-order valence-corrected chi connectivity index (χ4v) is 5.25. The number of ether oxygens (including phenoxy) is 2. The number of hydrogen-bond acceptors (Lipinski definition) is 9. The quantitative estimate of drug-likeness (QED) is 0.624. The summed E-state index contributed by atoms with van der Waals surface area (Å²) in [4.78, 5) is 37.8. The van der Waals surface area contributed by atoms with E-state index in [9.17, 15) is 14.0 Å². The number of carbonyl (C=O) groups is 2. The van der Waals surface area contributed by atoms with E-state index < -0.39 is 17.8 Å². The minimum Gasteiger partial charge on any atom is -0.466 e. The van der Waals surface area contributed by atoms with Crippen LogP contribution in [0.1, 0.15) is 16.6 Å². The van der Waals surface area contributed by atoms with Gasteiger partial charge in [0.1, 0.15) is 18.5 Å². The number of esters is 1. The molecule has 0 spiro atoms. The number of nitrogens with one attached hydrogen (secondary N) is 1. The number of nitrogens with zero attached hydrogens (tertiary/aromatic N) is 4. The van der Waals surface area contributed by atoms with Crippen molar-refractivity contribution >= 4 is 40.8 Å². The van der Waals surface area contributed by atoms with Crippen LogP contribution in [0.25, 0.3) is 0 Å². The Morgan fingerprint density at radius 2 is 2.26 bits per heavy atom. The Morgan fingerprint density at radius 3 is 3.00 bits per heavy atom. The molecule has 1 N–H and O–H groups in total. The van der Waals surface area contributed by atoms with E-state index in [1.807, 2.05) is 5.38 Å². The minimum absolute atomic E-state index is 0.0403. The second-order valence-electron chi connectivity index (χ2n) is 8.05. The van der Waals surface area contributed by atoms with E-state index in [1.54, 1.807) is 11.1 Å². The van der Waals surface area contributed by atoms with Crippen LogP contribution in [0.4, 0.5) is 9.18 Å². The highest BCUT2D eigenvalue weighted by Gasteiger charge is 2.39. The zero-order valence-corrected chi connectivity index (χ0v) is 19.7. The lowest BCUT2D eigenvalue weighted by Gasteiger charge is -2.37. The van der Waals surface area contributed by atoms with Crippen LogP contribution in [-0.4, -0.2) is 78.6 Å². The standard InChI is InChI=1S/C22H21ClFN5O4S/c1-32-21(30)17-16(10-28-5-6-29-13(9-28)11-33-22(29)31)26-19(20-25-4-7-34-20)27-18(17)14-3-2-12(24)8-15(14)23/h2-4,7-8,13,18H,5-6,9-11H2,1H3,(H,26,27). The molecular weight excluding hydrogens is 485 g/mol. The summed E-state index contributed by atoms with van der Waals surface area (Å²) < 4.78 is 24.0. The van der Waals surface area contributed by atoms with Crippen LogP contribution >= 0.6 is 22.9 Å². The fraction of sp³-hybridized carbons (Fsp3) is 0.364. The maximum atomic E-state index is 13.8. The molecule has 12 heteroatoms. The summed E-state index contributed by atoms with van der Waals surface area (Å²) in [6.45, 7) is 2.45. The number of cyclic esters (lactones) is 1. The number of rotatable bonds is 5. The van der Waals surface area contributed by atoms with Gasteiger partial charge in [-0.05, 0) is 12.1 Å². The molecule has 2 atom stereocenters.